The number of nitrogens with one attached hydrogen (secondary N) is 1. The van der Waals surface area contributed by atoms with Gasteiger partial charge in [-0.05, 0) is 18.9 Å². The molecule has 72 valence electrons. The summed E-state index contributed by atoms with van der Waals surface area (Å²) in [6.07, 6.45) is 0.787. The zero-order valence-electron chi connectivity index (χ0n) is 7.71. The van der Waals surface area contributed by atoms with Crippen LogP contribution in [0.3, 0.4) is 0 Å². The molecule has 1 heterocycles. The second-order valence-corrected chi connectivity index (χ2v) is 6.16. The van der Waals surface area contributed by atoms with E-state index in [-0.39, 0.29) is 11.2 Å². The van der Waals surface area contributed by atoms with Crippen molar-refractivity contribution in [2.24, 2.45) is 5.92 Å². The average molecular weight is 191 g/mol. The highest BCUT2D eigenvalue weighted by atomic mass is 32.2. The third-order valence-corrected chi connectivity index (χ3v) is 4.64. The molecule has 1 saturated heterocycles. The predicted molar refractivity (Wildman–Crippen MR) is 49.9 cm³/mol. The van der Waals surface area contributed by atoms with E-state index in [2.05, 4.69) is 5.32 Å². The summed E-state index contributed by atoms with van der Waals surface area (Å²) in [5.74, 6) is 0.579. The SMILES string of the molecule is CC(C)CS(=O)(=O)[C@H]1CCNC1. The maximum absolute atomic E-state index is 11.6. The zero-order chi connectivity index (χ0) is 9.19. The van der Waals surface area contributed by atoms with Crippen molar-refractivity contribution in [1.82, 2.24) is 5.32 Å². The Morgan fingerprint density at radius 3 is 2.58 bits per heavy atom. The number of hydrogen-bond donors (Lipinski definition) is 1. The maximum Gasteiger partial charge on any atom is 0.154 e. The van der Waals surface area contributed by atoms with Gasteiger partial charge < -0.3 is 5.32 Å². The molecule has 1 atom stereocenters. The zero-order valence-corrected chi connectivity index (χ0v) is 8.52. The molecule has 12 heavy (non-hydrogen) atoms. The molecular formula is C8H17NO2S. The molecule has 0 aromatic carbocycles. The van der Waals surface area contributed by atoms with Crippen LogP contribution in [0.25, 0.3) is 0 Å². The fourth-order valence-electron chi connectivity index (χ4n) is 1.54. The van der Waals surface area contributed by atoms with Gasteiger partial charge in [0.1, 0.15) is 0 Å². The van der Waals surface area contributed by atoms with Crippen LogP contribution in [0, 0.1) is 5.92 Å². The summed E-state index contributed by atoms with van der Waals surface area (Å²) in [4.78, 5) is 0. The summed E-state index contributed by atoms with van der Waals surface area (Å²) in [6, 6.07) is 0. The summed E-state index contributed by atoms with van der Waals surface area (Å²) in [5, 5.41) is 2.95. The highest BCUT2D eigenvalue weighted by Crippen LogP contribution is 2.13. The minimum absolute atomic E-state index is 0.125. The molecule has 4 heteroatoms. The van der Waals surface area contributed by atoms with Crippen molar-refractivity contribution in [3.8, 4) is 0 Å². The summed E-state index contributed by atoms with van der Waals surface area (Å²) < 4.78 is 23.2. The Kier molecular flexibility index (Phi) is 3.12. The van der Waals surface area contributed by atoms with Crippen molar-refractivity contribution in [2.75, 3.05) is 18.8 Å². The van der Waals surface area contributed by atoms with Crippen LogP contribution in [0.4, 0.5) is 0 Å². The average Bonchev–Trinajstić information content (AvgIpc) is 2.32. The molecule has 3 nitrogen and oxygen atoms in total. The van der Waals surface area contributed by atoms with Gasteiger partial charge in [0.2, 0.25) is 0 Å². The fourth-order valence-corrected chi connectivity index (χ4v) is 3.59. The Balaban J connectivity index is 2.58. The van der Waals surface area contributed by atoms with E-state index < -0.39 is 9.84 Å². The van der Waals surface area contributed by atoms with E-state index in [9.17, 15) is 8.42 Å². The van der Waals surface area contributed by atoms with Crippen molar-refractivity contribution in [2.45, 2.75) is 25.5 Å². The lowest BCUT2D eigenvalue weighted by molar-refractivity contribution is 0.569. The van der Waals surface area contributed by atoms with Crippen molar-refractivity contribution in [3.63, 3.8) is 0 Å². The van der Waals surface area contributed by atoms with E-state index in [1.54, 1.807) is 0 Å². The van der Waals surface area contributed by atoms with Crippen molar-refractivity contribution >= 4 is 9.84 Å². The third-order valence-electron chi connectivity index (χ3n) is 2.09. The van der Waals surface area contributed by atoms with Gasteiger partial charge in [0.05, 0.1) is 11.0 Å². The van der Waals surface area contributed by atoms with E-state index in [1.165, 1.54) is 0 Å². The van der Waals surface area contributed by atoms with Crippen LogP contribution in [-0.4, -0.2) is 32.5 Å². The van der Waals surface area contributed by atoms with Gasteiger partial charge in [-0.3, -0.25) is 0 Å². The van der Waals surface area contributed by atoms with E-state index in [1.807, 2.05) is 13.8 Å². The highest BCUT2D eigenvalue weighted by molar-refractivity contribution is 7.92. The summed E-state index contributed by atoms with van der Waals surface area (Å²) in [7, 11) is -2.82. The molecule has 0 aromatic rings. The summed E-state index contributed by atoms with van der Waals surface area (Å²) in [5.41, 5.74) is 0. The lowest BCUT2D eigenvalue weighted by atomic mass is 10.3. The van der Waals surface area contributed by atoms with Crippen molar-refractivity contribution in [1.29, 1.82) is 0 Å². The van der Waals surface area contributed by atoms with Crippen LogP contribution in [-0.2, 0) is 9.84 Å². The van der Waals surface area contributed by atoms with Crippen molar-refractivity contribution in [3.05, 3.63) is 0 Å². The first-order valence-electron chi connectivity index (χ1n) is 4.44. The molecule has 0 bridgehead atoms. The van der Waals surface area contributed by atoms with Crippen molar-refractivity contribution < 1.29 is 8.42 Å². The monoisotopic (exact) mass is 191 g/mol. The van der Waals surface area contributed by atoms with Crippen LogP contribution in [0.2, 0.25) is 0 Å². The van der Waals surface area contributed by atoms with Crippen LogP contribution < -0.4 is 5.32 Å². The van der Waals surface area contributed by atoms with Gasteiger partial charge in [0.15, 0.2) is 9.84 Å². The molecule has 0 radical (unpaired) electrons. The van der Waals surface area contributed by atoms with Gasteiger partial charge >= 0.3 is 0 Å². The molecule has 0 amide bonds. The molecule has 0 aromatic heterocycles. The second kappa shape index (κ2) is 3.75. The molecule has 1 aliphatic heterocycles. The van der Waals surface area contributed by atoms with Gasteiger partial charge in [-0.1, -0.05) is 13.8 Å². The summed E-state index contributed by atoms with van der Waals surface area (Å²) >= 11 is 0. The topological polar surface area (TPSA) is 46.2 Å². The largest absolute Gasteiger partial charge is 0.315 e. The molecule has 1 N–H and O–H groups in total. The highest BCUT2D eigenvalue weighted by Gasteiger charge is 2.28. The van der Waals surface area contributed by atoms with Gasteiger partial charge in [-0.25, -0.2) is 8.42 Å². The Bertz CT molecular complexity index is 227. The number of rotatable bonds is 3. The first-order valence-corrected chi connectivity index (χ1v) is 6.16. The first-order chi connectivity index (χ1) is 5.52. The molecule has 0 spiro atoms. The lowest BCUT2D eigenvalue weighted by Gasteiger charge is -2.11. The van der Waals surface area contributed by atoms with Gasteiger partial charge in [-0.15, -0.1) is 0 Å². The van der Waals surface area contributed by atoms with Gasteiger partial charge in [0.25, 0.3) is 0 Å². The minimum Gasteiger partial charge on any atom is -0.315 e. The Hall–Kier alpha value is -0.0900. The van der Waals surface area contributed by atoms with Crippen LogP contribution in [0.1, 0.15) is 20.3 Å². The van der Waals surface area contributed by atoms with E-state index in [0.717, 1.165) is 13.0 Å². The summed E-state index contributed by atoms with van der Waals surface area (Å²) in [6.45, 7) is 5.39. The fraction of sp³-hybridized carbons (Fsp3) is 1.00. The van der Waals surface area contributed by atoms with Crippen LogP contribution in [0.5, 0.6) is 0 Å². The van der Waals surface area contributed by atoms with Gasteiger partial charge in [-0.2, -0.15) is 0 Å². The van der Waals surface area contributed by atoms with E-state index in [4.69, 9.17) is 0 Å². The lowest BCUT2D eigenvalue weighted by Crippen LogP contribution is -2.28. The number of sulfone groups is 1. The smallest absolute Gasteiger partial charge is 0.154 e. The molecule has 1 rings (SSSR count). The van der Waals surface area contributed by atoms with Crippen LogP contribution >= 0.6 is 0 Å². The first kappa shape index (κ1) is 9.99. The molecule has 0 saturated carbocycles. The van der Waals surface area contributed by atoms with Crippen LogP contribution in [0.15, 0.2) is 0 Å². The molecule has 0 unspecified atom stereocenters. The Labute approximate surface area is 74.5 Å². The van der Waals surface area contributed by atoms with E-state index >= 15 is 0 Å². The standard InChI is InChI=1S/C8H17NO2S/c1-7(2)6-12(10,11)8-3-4-9-5-8/h7-9H,3-6H2,1-2H3/t8-/m0/s1. The molecule has 1 aliphatic rings. The predicted octanol–water partition coefficient (Wildman–Crippen LogP) is 0.419. The molecule has 0 aliphatic carbocycles. The maximum atomic E-state index is 11.6. The van der Waals surface area contributed by atoms with Gasteiger partial charge in [0, 0.05) is 6.54 Å². The Morgan fingerprint density at radius 1 is 1.50 bits per heavy atom. The number of hydrogen-bond acceptors (Lipinski definition) is 3. The normalized spacial score (nSPS) is 25.1. The third kappa shape index (κ3) is 2.45. The molecular weight excluding hydrogens is 174 g/mol. The van der Waals surface area contributed by atoms with E-state index in [0.29, 0.717) is 12.3 Å². The molecule has 1 fully saturated rings. The minimum atomic E-state index is -2.82. The quantitative estimate of drug-likeness (QED) is 0.703. The second-order valence-electron chi connectivity index (χ2n) is 3.84. The Morgan fingerprint density at radius 2 is 2.17 bits per heavy atom.